The monoisotopic (exact) mass is 497 g/mol. The van der Waals surface area contributed by atoms with Crippen LogP contribution in [0.5, 0.6) is 17.2 Å². The first-order valence-electron chi connectivity index (χ1n) is 12.1. The van der Waals surface area contributed by atoms with Gasteiger partial charge in [0.1, 0.15) is 36.3 Å². The minimum atomic E-state index is -1.20. The number of ketones is 2. The smallest absolute Gasteiger partial charge is 0.291 e. The van der Waals surface area contributed by atoms with E-state index in [1.54, 1.807) is 57.5 Å². The second-order valence-corrected chi connectivity index (χ2v) is 9.05. The van der Waals surface area contributed by atoms with Crippen LogP contribution in [0, 0.1) is 12.8 Å². The van der Waals surface area contributed by atoms with Crippen LogP contribution in [-0.2, 0) is 14.3 Å². The number of aryl methyl sites for hydroxylation is 1. The molecular formula is C27H33N2O7+. The van der Waals surface area contributed by atoms with Gasteiger partial charge in [0.2, 0.25) is 5.78 Å². The summed E-state index contributed by atoms with van der Waals surface area (Å²) >= 11 is 0. The van der Waals surface area contributed by atoms with Crippen molar-refractivity contribution in [2.24, 2.45) is 5.92 Å². The third kappa shape index (κ3) is 4.94. The Labute approximate surface area is 210 Å². The summed E-state index contributed by atoms with van der Waals surface area (Å²) in [7, 11) is 4.62. The summed E-state index contributed by atoms with van der Waals surface area (Å²) in [6.07, 6.45) is 0. The van der Waals surface area contributed by atoms with Crippen molar-refractivity contribution in [2.75, 3.05) is 60.7 Å². The maximum absolute atomic E-state index is 13.9. The molecule has 2 heterocycles. The first kappa shape index (κ1) is 25.7. The van der Waals surface area contributed by atoms with Crippen LogP contribution < -0.4 is 19.1 Å². The number of benzene rings is 2. The molecule has 1 amide bonds. The molecule has 2 aliphatic rings. The topological polar surface area (TPSA) is 95.8 Å². The van der Waals surface area contributed by atoms with E-state index in [2.05, 4.69) is 0 Å². The van der Waals surface area contributed by atoms with Crippen molar-refractivity contribution in [3.8, 4) is 17.2 Å². The molecule has 2 aliphatic heterocycles. The normalized spacial score (nSPS) is 20.5. The number of methoxy groups -OCH3 is 3. The Morgan fingerprint density at radius 2 is 1.67 bits per heavy atom. The summed E-state index contributed by atoms with van der Waals surface area (Å²) in [6.45, 7) is 5.75. The van der Waals surface area contributed by atoms with Gasteiger partial charge in [0.25, 0.3) is 5.91 Å². The van der Waals surface area contributed by atoms with Gasteiger partial charge in [0.15, 0.2) is 5.78 Å². The Kier molecular flexibility index (Phi) is 7.91. The number of Topliss-reactive ketones (excluding diaryl/α,β-unsaturated/α-hetero) is 2. The maximum Gasteiger partial charge on any atom is 0.291 e. The van der Waals surface area contributed by atoms with Crippen LogP contribution in [0.2, 0.25) is 0 Å². The van der Waals surface area contributed by atoms with E-state index >= 15 is 0 Å². The van der Waals surface area contributed by atoms with Crippen LogP contribution in [-0.4, -0.2) is 83.1 Å². The lowest BCUT2D eigenvalue weighted by atomic mass is 9.84. The van der Waals surface area contributed by atoms with Gasteiger partial charge >= 0.3 is 0 Å². The summed E-state index contributed by atoms with van der Waals surface area (Å²) in [4.78, 5) is 43.5. The van der Waals surface area contributed by atoms with Crippen molar-refractivity contribution >= 4 is 17.5 Å². The quantitative estimate of drug-likeness (QED) is 0.312. The fourth-order valence-corrected chi connectivity index (χ4v) is 5.04. The Hall–Kier alpha value is -3.43. The molecule has 1 N–H and O–H groups in total. The van der Waals surface area contributed by atoms with Crippen molar-refractivity contribution in [1.82, 2.24) is 4.90 Å². The minimum Gasteiger partial charge on any atom is -0.497 e. The molecule has 0 bridgehead atoms. The molecule has 2 atom stereocenters. The highest BCUT2D eigenvalue weighted by atomic mass is 16.5. The summed E-state index contributed by atoms with van der Waals surface area (Å²) < 4.78 is 21.7. The van der Waals surface area contributed by atoms with Gasteiger partial charge < -0.3 is 28.7 Å². The molecule has 9 nitrogen and oxygen atoms in total. The molecule has 4 rings (SSSR count). The van der Waals surface area contributed by atoms with Gasteiger partial charge in [0.05, 0.1) is 53.7 Å². The number of nitrogens with one attached hydrogen (secondary N) is 1. The van der Waals surface area contributed by atoms with Crippen LogP contribution in [0.15, 0.2) is 36.4 Å². The van der Waals surface area contributed by atoms with Crippen LogP contribution >= 0.6 is 0 Å². The highest BCUT2D eigenvalue weighted by molar-refractivity contribution is 6.44. The third-order valence-corrected chi connectivity index (χ3v) is 7.05. The number of nitrogens with zero attached hydrogens (tertiary/aromatic N) is 1. The van der Waals surface area contributed by atoms with Crippen LogP contribution in [0.1, 0.15) is 27.5 Å². The number of hydrogen-bond donors (Lipinski definition) is 1. The lowest BCUT2D eigenvalue weighted by molar-refractivity contribution is -0.907. The second kappa shape index (κ2) is 11.1. The van der Waals surface area contributed by atoms with Gasteiger partial charge in [-0.25, -0.2) is 0 Å². The molecule has 2 aromatic rings. The van der Waals surface area contributed by atoms with Gasteiger partial charge in [-0.05, 0) is 48.9 Å². The van der Waals surface area contributed by atoms with Crippen molar-refractivity contribution in [1.29, 1.82) is 0 Å². The molecule has 0 radical (unpaired) electrons. The molecule has 0 saturated carbocycles. The molecule has 2 unspecified atom stereocenters. The number of likely N-dealkylation sites (tertiary alicyclic amines) is 1. The standard InChI is InChI=1S/C27H32N2O7/c1-17-15-18(33-2)5-7-20(17)25(30)23-24(21-16-19(34-3)6-8-22(21)35-4)29(27(32)26(23)31)10-9-28-11-13-36-14-12-28/h5-8,15-16,23-24H,9-14H2,1-4H3/p+1. The van der Waals surface area contributed by atoms with E-state index in [9.17, 15) is 14.4 Å². The number of hydrogen-bond acceptors (Lipinski definition) is 7. The summed E-state index contributed by atoms with van der Waals surface area (Å²) in [5, 5.41) is 0. The zero-order chi connectivity index (χ0) is 25.8. The minimum absolute atomic E-state index is 0.330. The number of quaternary nitrogens is 1. The maximum atomic E-state index is 13.9. The molecule has 0 aliphatic carbocycles. The van der Waals surface area contributed by atoms with Crippen molar-refractivity contribution in [3.63, 3.8) is 0 Å². The Morgan fingerprint density at radius 1 is 1.00 bits per heavy atom. The summed E-state index contributed by atoms with van der Waals surface area (Å²) in [6, 6.07) is 9.47. The number of rotatable bonds is 9. The van der Waals surface area contributed by atoms with Gasteiger partial charge in [-0.2, -0.15) is 0 Å². The van der Waals surface area contributed by atoms with E-state index in [4.69, 9.17) is 18.9 Å². The molecular weight excluding hydrogens is 464 g/mol. The lowest BCUT2D eigenvalue weighted by Crippen LogP contribution is -3.14. The molecule has 9 heteroatoms. The first-order chi connectivity index (χ1) is 17.4. The molecule has 0 aromatic heterocycles. The van der Waals surface area contributed by atoms with Crippen molar-refractivity contribution in [3.05, 3.63) is 53.1 Å². The third-order valence-electron chi connectivity index (χ3n) is 7.05. The molecule has 0 spiro atoms. The lowest BCUT2D eigenvalue weighted by Gasteiger charge is -2.31. The van der Waals surface area contributed by atoms with Gasteiger partial charge in [0, 0.05) is 11.1 Å². The van der Waals surface area contributed by atoms with Gasteiger partial charge in [-0.3, -0.25) is 14.4 Å². The second-order valence-electron chi connectivity index (χ2n) is 9.05. The average molecular weight is 498 g/mol. The number of carbonyl (C=O) groups is 3. The summed E-state index contributed by atoms with van der Waals surface area (Å²) in [5.74, 6) is -1.32. The van der Waals surface area contributed by atoms with Crippen molar-refractivity contribution < 1.29 is 38.2 Å². The predicted octanol–water partition coefficient (Wildman–Crippen LogP) is 0.887. The van der Waals surface area contributed by atoms with E-state index in [0.717, 1.165) is 13.1 Å². The fourth-order valence-electron chi connectivity index (χ4n) is 5.04. The van der Waals surface area contributed by atoms with E-state index in [0.29, 0.717) is 60.2 Å². The number of amides is 1. The Bertz CT molecular complexity index is 1140. The van der Waals surface area contributed by atoms with E-state index < -0.39 is 29.4 Å². The van der Waals surface area contributed by atoms with Crippen LogP contribution in [0.25, 0.3) is 0 Å². The number of carbonyl (C=O) groups excluding carboxylic acids is 3. The van der Waals surface area contributed by atoms with Crippen LogP contribution in [0.4, 0.5) is 0 Å². The largest absolute Gasteiger partial charge is 0.497 e. The zero-order valence-electron chi connectivity index (χ0n) is 21.2. The van der Waals surface area contributed by atoms with E-state index in [1.807, 2.05) is 0 Å². The zero-order valence-corrected chi connectivity index (χ0v) is 21.2. The molecule has 2 saturated heterocycles. The van der Waals surface area contributed by atoms with Gasteiger partial charge in [-0.1, -0.05) is 0 Å². The van der Waals surface area contributed by atoms with Crippen molar-refractivity contribution in [2.45, 2.75) is 13.0 Å². The van der Waals surface area contributed by atoms with E-state index in [1.165, 1.54) is 16.9 Å². The number of ether oxygens (including phenoxy) is 4. The van der Waals surface area contributed by atoms with Crippen LogP contribution in [0.3, 0.4) is 0 Å². The SMILES string of the molecule is COc1ccc(C(=O)C2C(=O)C(=O)N(CC[NH+]3CCOCC3)C2c2cc(OC)ccc2OC)c(C)c1. The molecule has 2 aromatic carbocycles. The first-order valence-corrected chi connectivity index (χ1v) is 12.1. The summed E-state index contributed by atoms with van der Waals surface area (Å²) in [5.41, 5.74) is 1.62. The van der Waals surface area contributed by atoms with E-state index in [-0.39, 0.29) is 0 Å². The molecule has 192 valence electrons. The molecule has 2 fully saturated rings. The fraction of sp³-hybridized carbons (Fsp3) is 0.444. The highest BCUT2D eigenvalue weighted by Crippen LogP contribution is 2.43. The Balaban J connectivity index is 1.76. The average Bonchev–Trinajstić information content (AvgIpc) is 3.16. The number of morpholine rings is 1. The highest BCUT2D eigenvalue weighted by Gasteiger charge is 2.53. The van der Waals surface area contributed by atoms with Gasteiger partial charge in [-0.15, -0.1) is 0 Å². The Morgan fingerprint density at radius 3 is 2.31 bits per heavy atom. The predicted molar refractivity (Wildman–Crippen MR) is 131 cm³/mol. The molecule has 36 heavy (non-hydrogen) atoms.